The topological polar surface area (TPSA) is 46.6 Å². The number of carbonyl (C=O) groups is 2. The lowest BCUT2D eigenvalue weighted by Crippen LogP contribution is -2.34. The maximum atomic E-state index is 12.8. The smallest absolute Gasteiger partial charge is 0.265 e. The Bertz CT molecular complexity index is 890. The number of nitrogens with zero attached hydrogens (tertiary/aromatic N) is 1. The van der Waals surface area contributed by atoms with Crippen LogP contribution in [0.2, 0.25) is 0 Å². The molecule has 1 amide bonds. The summed E-state index contributed by atoms with van der Waals surface area (Å²) in [6, 6.07) is 26.2. The Balaban J connectivity index is 1.71. The third-order valence-corrected chi connectivity index (χ3v) is 4.18. The van der Waals surface area contributed by atoms with Crippen LogP contribution in [0, 0.1) is 0 Å². The minimum Gasteiger partial charge on any atom is -0.484 e. The molecule has 0 heterocycles. The molecule has 0 unspecified atom stereocenters. The first-order valence-electron chi connectivity index (χ1n) is 8.76. The Morgan fingerprint density at radius 2 is 1.41 bits per heavy atom. The Hall–Kier alpha value is -3.40. The van der Waals surface area contributed by atoms with Crippen LogP contribution in [-0.2, 0) is 11.3 Å². The van der Waals surface area contributed by atoms with E-state index in [1.807, 2.05) is 60.7 Å². The molecule has 3 rings (SSSR count). The van der Waals surface area contributed by atoms with Crippen molar-refractivity contribution in [1.29, 1.82) is 0 Å². The molecule has 0 aliphatic carbocycles. The summed E-state index contributed by atoms with van der Waals surface area (Å²) in [5.41, 5.74) is 2.48. The molecule has 4 nitrogen and oxygen atoms in total. The van der Waals surface area contributed by atoms with Crippen LogP contribution in [0.25, 0.3) is 0 Å². The van der Waals surface area contributed by atoms with E-state index in [2.05, 4.69) is 0 Å². The third-order valence-electron chi connectivity index (χ3n) is 4.18. The van der Waals surface area contributed by atoms with E-state index in [4.69, 9.17) is 4.74 Å². The number of Topliss-reactive ketones (excluding diaryl/α,β-unsaturated/α-hetero) is 1. The Morgan fingerprint density at radius 3 is 2.00 bits per heavy atom. The van der Waals surface area contributed by atoms with Crippen molar-refractivity contribution in [2.75, 3.05) is 11.5 Å². The standard InChI is InChI=1S/C23H21NO3/c1-18(25)20-12-14-22(15-13-20)27-17-23(26)24(21-10-6-3-7-11-21)16-19-8-4-2-5-9-19/h2-15H,16-17H2,1H3. The van der Waals surface area contributed by atoms with Gasteiger partial charge in [0.25, 0.3) is 5.91 Å². The highest BCUT2D eigenvalue weighted by molar-refractivity contribution is 5.95. The van der Waals surface area contributed by atoms with Gasteiger partial charge in [0.05, 0.1) is 6.54 Å². The predicted molar refractivity (Wildman–Crippen MR) is 106 cm³/mol. The lowest BCUT2D eigenvalue weighted by Gasteiger charge is -2.23. The molecular weight excluding hydrogens is 338 g/mol. The van der Waals surface area contributed by atoms with Crippen LogP contribution >= 0.6 is 0 Å². The fourth-order valence-electron chi connectivity index (χ4n) is 2.71. The average Bonchev–Trinajstić information content (AvgIpc) is 2.72. The molecule has 0 spiro atoms. The summed E-state index contributed by atoms with van der Waals surface area (Å²) < 4.78 is 5.64. The number of amides is 1. The molecule has 0 N–H and O–H groups in total. The van der Waals surface area contributed by atoms with E-state index in [1.165, 1.54) is 6.92 Å². The van der Waals surface area contributed by atoms with Crippen molar-refractivity contribution in [1.82, 2.24) is 0 Å². The van der Waals surface area contributed by atoms with Crippen molar-refractivity contribution in [2.45, 2.75) is 13.5 Å². The van der Waals surface area contributed by atoms with Gasteiger partial charge in [-0.3, -0.25) is 9.59 Å². The second kappa shape index (κ2) is 8.81. The Morgan fingerprint density at radius 1 is 0.815 bits per heavy atom. The zero-order valence-electron chi connectivity index (χ0n) is 15.2. The van der Waals surface area contributed by atoms with Gasteiger partial charge < -0.3 is 9.64 Å². The van der Waals surface area contributed by atoms with Crippen molar-refractivity contribution in [3.63, 3.8) is 0 Å². The first-order valence-corrected chi connectivity index (χ1v) is 8.76. The summed E-state index contributed by atoms with van der Waals surface area (Å²) in [4.78, 5) is 25.9. The van der Waals surface area contributed by atoms with Crippen LogP contribution in [0.3, 0.4) is 0 Å². The predicted octanol–water partition coefficient (Wildman–Crippen LogP) is 4.50. The summed E-state index contributed by atoms with van der Waals surface area (Å²) in [6.07, 6.45) is 0. The normalized spacial score (nSPS) is 10.3. The van der Waals surface area contributed by atoms with Crippen LogP contribution in [-0.4, -0.2) is 18.3 Å². The quantitative estimate of drug-likeness (QED) is 0.584. The van der Waals surface area contributed by atoms with Gasteiger partial charge in [-0.25, -0.2) is 0 Å². The monoisotopic (exact) mass is 359 g/mol. The first kappa shape index (κ1) is 18.4. The van der Waals surface area contributed by atoms with Crippen LogP contribution < -0.4 is 9.64 Å². The first-order chi connectivity index (χ1) is 13.1. The summed E-state index contributed by atoms with van der Waals surface area (Å²) >= 11 is 0. The fraction of sp³-hybridized carbons (Fsp3) is 0.130. The summed E-state index contributed by atoms with van der Waals surface area (Å²) in [6.45, 7) is 1.90. The van der Waals surface area contributed by atoms with E-state index in [9.17, 15) is 9.59 Å². The Kier molecular flexibility index (Phi) is 6.00. The van der Waals surface area contributed by atoms with Crippen LogP contribution in [0.1, 0.15) is 22.8 Å². The second-order valence-corrected chi connectivity index (χ2v) is 6.17. The van der Waals surface area contributed by atoms with Crippen molar-refractivity contribution in [3.05, 3.63) is 96.1 Å². The number of carbonyl (C=O) groups excluding carboxylic acids is 2. The highest BCUT2D eigenvalue weighted by atomic mass is 16.5. The van der Waals surface area contributed by atoms with Gasteiger partial charge in [0.2, 0.25) is 0 Å². The van der Waals surface area contributed by atoms with Crippen LogP contribution in [0.15, 0.2) is 84.9 Å². The molecule has 4 heteroatoms. The van der Waals surface area contributed by atoms with Crippen LogP contribution in [0.5, 0.6) is 5.75 Å². The van der Waals surface area contributed by atoms with Crippen molar-refractivity contribution >= 4 is 17.4 Å². The van der Waals surface area contributed by atoms with Gasteiger partial charge in [-0.15, -0.1) is 0 Å². The lowest BCUT2D eigenvalue weighted by molar-refractivity contribution is -0.120. The average molecular weight is 359 g/mol. The molecule has 0 aliphatic heterocycles. The molecule has 0 bridgehead atoms. The minimum atomic E-state index is -0.138. The molecule has 27 heavy (non-hydrogen) atoms. The molecular formula is C23H21NO3. The van der Waals surface area contributed by atoms with Gasteiger partial charge in [0.15, 0.2) is 12.4 Å². The number of anilines is 1. The minimum absolute atomic E-state index is 0.00394. The van der Waals surface area contributed by atoms with Crippen molar-refractivity contribution in [3.8, 4) is 5.75 Å². The number of ether oxygens (including phenoxy) is 1. The number of ketones is 1. The van der Waals surface area contributed by atoms with Gasteiger partial charge in [0.1, 0.15) is 5.75 Å². The van der Waals surface area contributed by atoms with Gasteiger partial charge in [-0.1, -0.05) is 48.5 Å². The molecule has 0 saturated heterocycles. The summed E-state index contributed by atoms with van der Waals surface area (Å²) in [5, 5.41) is 0. The molecule has 0 saturated carbocycles. The van der Waals surface area contributed by atoms with E-state index in [0.29, 0.717) is 17.9 Å². The SMILES string of the molecule is CC(=O)c1ccc(OCC(=O)N(Cc2ccccc2)c2ccccc2)cc1. The summed E-state index contributed by atoms with van der Waals surface area (Å²) in [7, 11) is 0. The number of hydrogen-bond acceptors (Lipinski definition) is 3. The molecule has 3 aromatic rings. The molecule has 0 aromatic heterocycles. The molecule has 3 aromatic carbocycles. The van der Waals surface area contributed by atoms with E-state index >= 15 is 0 Å². The van der Waals surface area contributed by atoms with E-state index in [0.717, 1.165) is 11.3 Å². The van der Waals surface area contributed by atoms with Crippen molar-refractivity contribution in [2.24, 2.45) is 0 Å². The zero-order valence-corrected chi connectivity index (χ0v) is 15.2. The molecule has 136 valence electrons. The van der Waals surface area contributed by atoms with Crippen LogP contribution in [0.4, 0.5) is 5.69 Å². The zero-order chi connectivity index (χ0) is 19.1. The number of hydrogen-bond donors (Lipinski definition) is 0. The number of benzene rings is 3. The summed E-state index contributed by atoms with van der Waals surface area (Å²) in [5.74, 6) is 0.414. The highest BCUT2D eigenvalue weighted by Crippen LogP contribution is 2.18. The second-order valence-electron chi connectivity index (χ2n) is 6.17. The fourth-order valence-corrected chi connectivity index (χ4v) is 2.71. The highest BCUT2D eigenvalue weighted by Gasteiger charge is 2.17. The van der Waals surface area contributed by atoms with Gasteiger partial charge >= 0.3 is 0 Å². The maximum Gasteiger partial charge on any atom is 0.265 e. The van der Waals surface area contributed by atoms with Gasteiger partial charge in [0, 0.05) is 11.3 Å². The third kappa shape index (κ3) is 5.05. The Labute approximate surface area is 159 Å². The van der Waals surface area contributed by atoms with Crippen molar-refractivity contribution < 1.29 is 14.3 Å². The van der Waals surface area contributed by atoms with E-state index < -0.39 is 0 Å². The van der Waals surface area contributed by atoms with E-state index in [1.54, 1.807) is 29.2 Å². The molecule has 0 radical (unpaired) electrons. The lowest BCUT2D eigenvalue weighted by atomic mass is 10.1. The molecule has 0 aliphatic rings. The van der Waals surface area contributed by atoms with Gasteiger partial charge in [-0.05, 0) is 48.9 Å². The van der Waals surface area contributed by atoms with Gasteiger partial charge in [-0.2, -0.15) is 0 Å². The largest absolute Gasteiger partial charge is 0.484 e. The number of para-hydroxylation sites is 1. The van der Waals surface area contributed by atoms with E-state index in [-0.39, 0.29) is 18.3 Å². The molecule has 0 fully saturated rings. The number of rotatable bonds is 7. The molecule has 0 atom stereocenters. The maximum absolute atomic E-state index is 12.8.